The zero-order valence-electron chi connectivity index (χ0n) is 12.1. The number of carbonyl (C=O) groups is 2. The molecule has 0 saturated carbocycles. The van der Waals surface area contributed by atoms with E-state index in [0.717, 1.165) is 0 Å². The molecule has 7 nitrogen and oxygen atoms in total. The van der Waals surface area contributed by atoms with Crippen LogP contribution in [0.4, 0.5) is 5.69 Å². The molecular formula is C15H15N3O4. The molecule has 1 aromatic carbocycles. The van der Waals surface area contributed by atoms with E-state index < -0.39 is 11.8 Å². The van der Waals surface area contributed by atoms with Crippen molar-refractivity contribution < 1.29 is 18.7 Å². The van der Waals surface area contributed by atoms with Gasteiger partial charge in [0.05, 0.1) is 13.4 Å². The second-order valence-electron chi connectivity index (χ2n) is 4.30. The third-order valence-corrected chi connectivity index (χ3v) is 2.76. The molecule has 0 fully saturated rings. The maximum Gasteiger partial charge on any atom is 0.329 e. The number of rotatable bonds is 4. The van der Waals surface area contributed by atoms with E-state index in [0.29, 0.717) is 22.9 Å². The minimum absolute atomic E-state index is 0.454. The van der Waals surface area contributed by atoms with Crippen LogP contribution in [0.2, 0.25) is 0 Å². The summed E-state index contributed by atoms with van der Waals surface area (Å²) in [5.74, 6) is -0.528. The number of furan rings is 1. The van der Waals surface area contributed by atoms with Gasteiger partial charge in [-0.15, -0.1) is 0 Å². The van der Waals surface area contributed by atoms with Gasteiger partial charge in [0.15, 0.2) is 0 Å². The summed E-state index contributed by atoms with van der Waals surface area (Å²) < 4.78 is 10.1. The van der Waals surface area contributed by atoms with Gasteiger partial charge in [-0.2, -0.15) is 5.10 Å². The molecule has 2 amide bonds. The lowest BCUT2D eigenvalue weighted by Crippen LogP contribution is -2.32. The molecule has 0 saturated heterocycles. The molecule has 114 valence electrons. The average molecular weight is 301 g/mol. The molecule has 0 atom stereocenters. The Labute approximate surface area is 127 Å². The number of ether oxygens (including phenoxy) is 1. The van der Waals surface area contributed by atoms with Crippen molar-refractivity contribution in [3.05, 3.63) is 48.4 Å². The fourth-order valence-corrected chi connectivity index (χ4v) is 1.59. The predicted octanol–water partition coefficient (Wildman–Crippen LogP) is 1.77. The van der Waals surface area contributed by atoms with Crippen LogP contribution in [0, 0.1) is 0 Å². The van der Waals surface area contributed by atoms with Gasteiger partial charge in [-0.1, -0.05) is 0 Å². The van der Waals surface area contributed by atoms with E-state index in [9.17, 15) is 9.59 Å². The summed E-state index contributed by atoms with van der Waals surface area (Å²) in [7, 11) is 1.54. The molecule has 22 heavy (non-hydrogen) atoms. The lowest BCUT2D eigenvalue weighted by molar-refractivity contribution is -0.136. The fraction of sp³-hybridized carbons (Fsp3) is 0.133. The first kappa shape index (κ1) is 15.3. The summed E-state index contributed by atoms with van der Waals surface area (Å²) in [4.78, 5) is 23.4. The topological polar surface area (TPSA) is 92.9 Å². The Kier molecular flexibility index (Phi) is 4.92. The van der Waals surface area contributed by atoms with Crippen LogP contribution in [0.1, 0.15) is 12.7 Å². The van der Waals surface area contributed by atoms with Crippen LogP contribution < -0.4 is 15.5 Å². The Morgan fingerprint density at radius 2 is 1.86 bits per heavy atom. The Balaban J connectivity index is 1.91. The second-order valence-corrected chi connectivity index (χ2v) is 4.30. The van der Waals surface area contributed by atoms with E-state index >= 15 is 0 Å². The van der Waals surface area contributed by atoms with Crippen molar-refractivity contribution in [2.45, 2.75) is 6.92 Å². The second kappa shape index (κ2) is 7.07. The summed E-state index contributed by atoms with van der Waals surface area (Å²) in [6.45, 7) is 1.65. The highest BCUT2D eigenvalue weighted by atomic mass is 16.5. The van der Waals surface area contributed by atoms with Gasteiger partial charge in [-0.3, -0.25) is 9.59 Å². The standard InChI is InChI=1S/C15H15N3O4/c1-10(13-4-3-9-22-13)17-18-15(20)14(19)16-11-5-7-12(21-2)8-6-11/h3-9H,1-2H3,(H,16,19)(H,18,20). The lowest BCUT2D eigenvalue weighted by atomic mass is 10.3. The van der Waals surface area contributed by atoms with Crippen molar-refractivity contribution in [2.75, 3.05) is 12.4 Å². The van der Waals surface area contributed by atoms with Crippen LogP contribution >= 0.6 is 0 Å². The fourth-order valence-electron chi connectivity index (χ4n) is 1.59. The number of hydrogen-bond donors (Lipinski definition) is 2. The molecule has 2 aromatic rings. The van der Waals surface area contributed by atoms with E-state index in [2.05, 4.69) is 15.8 Å². The molecular weight excluding hydrogens is 286 g/mol. The molecule has 1 aromatic heterocycles. The first-order chi connectivity index (χ1) is 10.6. The van der Waals surface area contributed by atoms with E-state index in [-0.39, 0.29) is 0 Å². The summed E-state index contributed by atoms with van der Waals surface area (Å²) in [6, 6.07) is 10.00. The van der Waals surface area contributed by atoms with Gasteiger partial charge >= 0.3 is 11.8 Å². The molecule has 0 radical (unpaired) electrons. The number of anilines is 1. The predicted molar refractivity (Wildman–Crippen MR) is 80.7 cm³/mol. The molecule has 2 rings (SSSR count). The van der Waals surface area contributed by atoms with Gasteiger partial charge in [0.1, 0.15) is 17.2 Å². The quantitative estimate of drug-likeness (QED) is 0.511. The third-order valence-electron chi connectivity index (χ3n) is 2.76. The molecule has 2 N–H and O–H groups in total. The Hall–Kier alpha value is -3.09. The molecule has 0 aliphatic carbocycles. The largest absolute Gasteiger partial charge is 0.497 e. The number of nitrogens with one attached hydrogen (secondary N) is 2. The van der Waals surface area contributed by atoms with E-state index in [1.54, 1.807) is 50.4 Å². The summed E-state index contributed by atoms with van der Waals surface area (Å²) in [5, 5.41) is 6.25. The van der Waals surface area contributed by atoms with Crippen molar-refractivity contribution in [1.82, 2.24) is 5.43 Å². The maximum absolute atomic E-state index is 11.7. The monoisotopic (exact) mass is 301 g/mol. The lowest BCUT2D eigenvalue weighted by Gasteiger charge is -2.05. The Bertz CT molecular complexity index is 675. The van der Waals surface area contributed by atoms with E-state index in [1.807, 2.05) is 0 Å². The smallest absolute Gasteiger partial charge is 0.329 e. The molecule has 1 heterocycles. The van der Waals surface area contributed by atoms with Crippen LogP contribution in [0.3, 0.4) is 0 Å². The summed E-state index contributed by atoms with van der Waals surface area (Å²) >= 11 is 0. The highest BCUT2D eigenvalue weighted by Gasteiger charge is 2.13. The zero-order chi connectivity index (χ0) is 15.9. The van der Waals surface area contributed by atoms with Gasteiger partial charge < -0.3 is 14.5 Å². The minimum Gasteiger partial charge on any atom is -0.497 e. The SMILES string of the molecule is COc1ccc(NC(=O)C(=O)NN=C(C)c2ccco2)cc1. The van der Waals surface area contributed by atoms with Crippen molar-refractivity contribution in [3.8, 4) is 5.75 Å². The van der Waals surface area contributed by atoms with Crippen molar-refractivity contribution >= 4 is 23.2 Å². The first-order valence-electron chi connectivity index (χ1n) is 6.43. The Morgan fingerprint density at radius 3 is 2.45 bits per heavy atom. The van der Waals surface area contributed by atoms with Crippen molar-refractivity contribution in [1.29, 1.82) is 0 Å². The number of hydrogen-bond acceptors (Lipinski definition) is 5. The number of hydrazone groups is 1. The van der Waals surface area contributed by atoms with Crippen LogP contribution in [0.5, 0.6) is 5.75 Å². The third kappa shape index (κ3) is 3.95. The minimum atomic E-state index is -0.873. The van der Waals surface area contributed by atoms with Crippen LogP contribution in [0.25, 0.3) is 0 Å². The zero-order valence-corrected chi connectivity index (χ0v) is 12.1. The van der Waals surface area contributed by atoms with Crippen LogP contribution in [-0.2, 0) is 9.59 Å². The molecule has 0 spiro atoms. The highest BCUT2D eigenvalue weighted by Crippen LogP contribution is 2.14. The van der Waals surface area contributed by atoms with Crippen LogP contribution in [-0.4, -0.2) is 24.6 Å². The number of benzene rings is 1. The molecule has 0 aliphatic heterocycles. The summed E-state index contributed by atoms with van der Waals surface area (Å²) in [5.41, 5.74) is 3.10. The molecule has 7 heteroatoms. The maximum atomic E-state index is 11.7. The average Bonchev–Trinajstić information content (AvgIpc) is 3.07. The number of amides is 2. The van der Waals surface area contributed by atoms with Gasteiger partial charge in [-0.25, -0.2) is 5.43 Å². The van der Waals surface area contributed by atoms with Crippen LogP contribution in [0.15, 0.2) is 52.2 Å². The first-order valence-corrected chi connectivity index (χ1v) is 6.43. The van der Waals surface area contributed by atoms with Gasteiger partial charge in [0.25, 0.3) is 0 Å². The number of nitrogens with zero attached hydrogens (tertiary/aromatic N) is 1. The normalized spacial score (nSPS) is 10.9. The number of methoxy groups -OCH3 is 1. The van der Waals surface area contributed by atoms with Gasteiger partial charge in [0.2, 0.25) is 0 Å². The van der Waals surface area contributed by atoms with Gasteiger partial charge in [-0.05, 0) is 43.3 Å². The van der Waals surface area contributed by atoms with Crippen molar-refractivity contribution in [2.24, 2.45) is 5.10 Å². The van der Waals surface area contributed by atoms with Gasteiger partial charge in [0, 0.05) is 5.69 Å². The molecule has 0 bridgehead atoms. The van der Waals surface area contributed by atoms with Crippen molar-refractivity contribution in [3.63, 3.8) is 0 Å². The summed E-state index contributed by atoms with van der Waals surface area (Å²) in [6.07, 6.45) is 1.49. The molecule has 0 unspecified atom stereocenters. The Morgan fingerprint density at radius 1 is 1.14 bits per heavy atom. The molecule has 0 aliphatic rings. The van der Waals surface area contributed by atoms with E-state index in [1.165, 1.54) is 6.26 Å². The highest BCUT2D eigenvalue weighted by molar-refractivity contribution is 6.39. The van der Waals surface area contributed by atoms with E-state index in [4.69, 9.17) is 9.15 Å². The number of carbonyl (C=O) groups excluding carboxylic acids is 2.